The van der Waals surface area contributed by atoms with Gasteiger partial charge >= 0.3 is 6.03 Å². The Labute approximate surface area is 112 Å². The van der Waals surface area contributed by atoms with Crippen LogP contribution in [0.2, 0.25) is 0 Å². The number of aromatic hydroxyl groups is 1. The standard InChI is InChI=1S/C14H20N2O3/c17-10-12-4-2-8-16(12)14(19)15-7-6-11-3-1-5-13(18)9-11/h1,3,5,9,12,17-18H,2,4,6-8,10H2,(H,15,19)/t12-/m0/s1. The number of benzene rings is 1. The predicted molar refractivity (Wildman–Crippen MR) is 72.0 cm³/mol. The average molecular weight is 264 g/mol. The molecule has 2 rings (SSSR count). The summed E-state index contributed by atoms with van der Waals surface area (Å²) >= 11 is 0. The molecule has 0 aliphatic carbocycles. The van der Waals surface area contributed by atoms with Gasteiger partial charge in [-0.15, -0.1) is 0 Å². The zero-order valence-corrected chi connectivity index (χ0v) is 10.9. The minimum absolute atomic E-state index is 0.0278. The number of carbonyl (C=O) groups excluding carboxylic acids is 1. The van der Waals surface area contributed by atoms with Gasteiger partial charge in [0.25, 0.3) is 0 Å². The van der Waals surface area contributed by atoms with E-state index in [2.05, 4.69) is 5.32 Å². The lowest BCUT2D eigenvalue weighted by atomic mass is 10.1. The number of hydrogen-bond donors (Lipinski definition) is 3. The Balaban J connectivity index is 1.78. The van der Waals surface area contributed by atoms with E-state index in [0.717, 1.165) is 18.4 Å². The number of nitrogens with zero attached hydrogens (tertiary/aromatic N) is 1. The van der Waals surface area contributed by atoms with Crippen LogP contribution in [0.15, 0.2) is 24.3 Å². The van der Waals surface area contributed by atoms with E-state index in [4.69, 9.17) is 5.11 Å². The Morgan fingerprint density at radius 3 is 3.05 bits per heavy atom. The molecule has 5 heteroatoms. The Kier molecular flexibility index (Phi) is 4.63. The summed E-state index contributed by atoms with van der Waals surface area (Å²) in [5.74, 6) is 0.240. The predicted octanol–water partition coefficient (Wildman–Crippen LogP) is 1.10. The molecule has 0 bridgehead atoms. The van der Waals surface area contributed by atoms with E-state index in [1.54, 1.807) is 23.1 Å². The molecule has 0 spiro atoms. The number of carbonyl (C=O) groups is 1. The van der Waals surface area contributed by atoms with Crippen LogP contribution in [-0.4, -0.2) is 46.9 Å². The van der Waals surface area contributed by atoms with Crippen molar-refractivity contribution in [2.75, 3.05) is 19.7 Å². The first kappa shape index (κ1) is 13.7. The molecule has 1 heterocycles. The minimum Gasteiger partial charge on any atom is -0.508 e. The molecule has 1 fully saturated rings. The molecule has 0 saturated carbocycles. The van der Waals surface area contributed by atoms with Gasteiger partial charge in [-0.25, -0.2) is 4.79 Å². The second-order valence-electron chi connectivity index (χ2n) is 4.82. The summed E-state index contributed by atoms with van der Waals surface area (Å²) in [5.41, 5.74) is 0.987. The number of phenolic OH excluding ortho intramolecular Hbond substituents is 1. The lowest BCUT2D eigenvalue weighted by molar-refractivity contribution is 0.157. The fraction of sp³-hybridized carbons (Fsp3) is 0.500. The van der Waals surface area contributed by atoms with Crippen LogP contribution in [0.3, 0.4) is 0 Å². The van der Waals surface area contributed by atoms with Crippen LogP contribution in [-0.2, 0) is 6.42 Å². The number of nitrogens with one attached hydrogen (secondary N) is 1. The Bertz CT molecular complexity index is 436. The van der Waals surface area contributed by atoms with Gasteiger partial charge in [0, 0.05) is 13.1 Å². The zero-order chi connectivity index (χ0) is 13.7. The maximum atomic E-state index is 11.9. The van der Waals surface area contributed by atoms with E-state index in [-0.39, 0.29) is 24.4 Å². The second-order valence-corrected chi connectivity index (χ2v) is 4.82. The van der Waals surface area contributed by atoms with E-state index in [0.29, 0.717) is 19.5 Å². The van der Waals surface area contributed by atoms with Crippen LogP contribution in [0.1, 0.15) is 18.4 Å². The van der Waals surface area contributed by atoms with E-state index in [9.17, 15) is 9.90 Å². The third-order valence-corrected chi connectivity index (χ3v) is 3.45. The van der Waals surface area contributed by atoms with Gasteiger partial charge in [-0.3, -0.25) is 0 Å². The topological polar surface area (TPSA) is 72.8 Å². The summed E-state index contributed by atoms with van der Waals surface area (Å²) < 4.78 is 0. The van der Waals surface area contributed by atoms with Crippen molar-refractivity contribution in [1.82, 2.24) is 10.2 Å². The molecule has 1 saturated heterocycles. The number of rotatable bonds is 4. The molecule has 3 N–H and O–H groups in total. The number of hydrogen-bond acceptors (Lipinski definition) is 3. The van der Waals surface area contributed by atoms with Crippen molar-refractivity contribution >= 4 is 6.03 Å². The molecule has 0 radical (unpaired) electrons. The molecule has 1 aromatic rings. The monoisotopic (exact) mass is 264 g/mol. The van der Waals surface area contributed by atoms with E-state index < -0.39 is 0 Å². The second kappa shape index (κ2) is 6.43. The highest BCUT2D eigenvalue weighted by Gasteiger charge is 2.27. The van der Waals surface area contributed by atoms with Gasteiger partial charge in [0.15, 0.2) is 0 Å². The number of aliphatic hydroxyl groups is 1. The molecule has 1 atom stereocenters. The molecule has 104 valence electrons. The number of aliphatic hydroxyl groups excluding tert-OH is 1. The summed E-state index contributed by atoms with van der Waals surface area (Å²) in [7, 11) is 0. The first-order chi connectivity index (χ1) is 9.20. The molecule has 19 heavy (non-hydrogen) atoms. The fourth-order valence-corrected chi connectivity index (χ4v) is 2.42. The highest BCUT2D eigenvalue weighted by molar-refractivity contribution is 5.74. The molecule has 1 aliphatic heterocycles. The van der Waals surface area contributed by atoms with Crippen LogP contribution in [0.25, 0.3) is 0 Å². The maximum absolute atomic E-state index is 11.9. The lowest BCUT2D eigenvalue weighted by Gasteiger charge is -2.23. The van der Waals surface area contributed by atoms with Crippen LogP contribution in [0, 0.1) is 0 Å². The van der Waals surface area contributed by atoms with Crippen molar-refractivity contribution in [1.29, 1.82) is 0 Å². The number of phenols is 1. The molecule has 0 unspecified atom stereocenters. The largest absolute Gasteiger partial charge is 0.508 e. The van der Waals surface area contributed by atoms with Crippen LogP contribution >= 0.6 is 0 Å². The minimum atomic E-state index is -0.114. The fourth-order valence-electron chi connectivity index (χ4n) is 2.42. The quantitative estimate of drug-likeness (QED) is 0.762. The summed E-state index contributed by atoms with van der Waals surface area (Å²) in [6.45, 7) is 1.26. The van der Waals surface area contributed by atoms with Crippen molar-refractivity contribution in [3.8, 4) is 5.75 Å². The molecular weight excluding hydrogens is 244 g/mol. The van der Waals surface area contributed by atoms with Gasteiger partial charge in [0.05, 0.1) is 12.6 Å². The summed E-state index contributed by atoms with van der Waals surface area (Å²) in [4.78, 5) is 13.6. The normalized spacial score (nSPS) is 18.6. The summed E-state index contributed by atoms with van der Waals surface area (Å²) in [6.07, 6.45) is 2.50. The number of amides is 2. The third-order valence-electron chi connectivity index (χ3n) is 3.45. The van der Waals surface area contributed by atoms with E-state index >= 15 is 0 Å². The first-order valence-electron chi connectivity index (χ1n) is 6.64. The molecule has 0 aromatic heterocycles. The molecule has 2 amide bonds. The van der Waals surface area contributed by atoms with Gasteiger partial charge in [0.2, 0.25) is 0 Å². The zero-order valence-electron chi connectivity index (χ0n) is 10.9. The smallest absolute Gasteiger partial charge is 0.317 e. The summed E-state index contributed by atoms with van der Waals surface area (Å²) in [5, 5.41) is 21.4. The van der Waals surface area contributed by atoms with Crippen molar-refractivity contribution in [3.05, 3.63) is 29.8 Å². The van der Waals surface area contributed by atoms with Crippen molar-refractivity contribution in [2.45, 2.75) is 25.3 Å². The Morgan fingerprint density at radius 2 is 2.32 bits per heavy atom. The van der Waals surface area contributed by atoms with Gasteiger partial charge in [-0.05, 0) is 37.0 Å². The Hall–Kier alpha value is -1.75. The third kappa shape index (κ3) is 3.61. The van der Waals surface area contributed by atoms with Crippen molar-refractivity contribution < 1.29 is 15.0 Å². The molecular formula is C14H20N2O3. The number of likely N-dealkylation sites (tertiary alicyclic amines) is 1. The maximum Gasteiger partial charge on any atom is 0.317 e. The highest BCUT2D eigenvalue weighted by atomic mass is 16.3. The molecule has 5 nitrogen and oxygen atoms in total. The number of urea groups is 1. The van der Waals surface area contributed by atoms with E-state index in [1.807, 2.05) is 6.07 Å². The van der Waals surface area contributed by atoms with Crippen molar-refractivity contribution in [2.24, 2.45) is 0 Å². The van der Waals surface area contributed by atoms with E-state index in [1.165, 1.54) is 0 Å². The summed E-state index contributed by atoms with van der Waals surface area (Å²) in [6, 6.07) is 6.86. The highest BCUT2D eigenvalue weighted by Crippen LogP contribution is 2.16. The average Bonchev–Trinajstić information content (AvgIpc) is 2.87. The van der Waals surface area contributed by atoms with Crippen LogP contribution < -0.4 is 5.32 Å². The SMILES string of the molecule is O=C(NCCc1cccc(O)c1)N1CCC[C@H]1CO. The van der Waals surface area contributed by atoms with Crippen LogP contribution in [0.4, 0.5) is 4.79 Å². The lowest BCUT2D eigenvalue weighted by Crippen LogP contribution is -2.44. The molecule has 1 aliphatic rings. The molecule has 1 aromatic carbocycles. The first-order valence-corrected chi connectivity index (χ1v) is 6.64. The van der Waals surface area contributed by atoms with Crippen molar-refractivity contribution in [3.63, 3.8) is 0 Å². The Morgan fingerprint density at radius 1 is 1.47 bits per heavy atom. The van der Waals surface area contributed by atoms with Crippen LogP contribution in [0.5, 0.6) is 5.75 Å². The van der Waals surface area contributed by atoms with Gasteiger partial charge in [-0.2, -0.15) is 0 Å². The van der Waals surface area contributed by atoms with Gasteiger partial charge in [0.1, 0.15) is 5.75 Å². The van der Waals surface area contributed by atoms with Gasteiger partial charge in [-0.1, -0.05) is 12.1 Å². The van der Waals surface area contributed by atoms with Gasteiger partial charge < -0.3 is 20.4 Å².